The predicted octanol–water partition coefficient (Wildman–Crippen LogP) is 2.07. The highest BCUT2D eigenvalue weighted by atomic mass is 15.3. The molecule has 1 atom stereocenters. The number of benzene rings is 1. The molecule has 5 nitrogen and oxygen atoms in total. The number of aromatic nitrogens is 2. The number of piperazine rings is 1. The van der Waals surface area contributed by atoms with Crippen LogP contribution in [0.2, 0.25) is 0 Å². The lowest BCUT2D eigenvalue weighted by atomic mass is 10.1. The minimum atomic E-state index is 0.601. The quantitative estimate of drug-likeness (QED) is 0.915. The van der Waals surface area contributed by atoms with Crippen molar-refractivity contribution in [1.29, 1.82) is 0 Å². The Hall–Kier alpha value is -1.72. The second-order valence-corrected chi connectivity index (χ2v) is 6.18. The summed E-state index contributed by atoms with van der Waals surface area (Å²) in [4.78, 5) is 4.98. The van der Waals surface area contributed by atoms with Gasteiger partial charge in [0, 0.05) is 49.5 Å². The molecule has 2 heterocycles. The third kappa shape index (κ3) is 3.54. The molecule has 118 valence electrons. The van der Waals surface area contributed by atoms with Gasteiger partial charge in [0.05, 0.1) is 6.20 Å². The van der Waals surface area contributed by atoms with Gasteiger partial charge in [0.1, 0.15) is 0 Å². The summed E-state index contributed by atoms with van der Waals surface area (Å²) in [5.41, 5.74) is 0. The van der Waals surface area contributed by atoms with Crippen LogP contribution in [0.5, 0.6) is 0 Å². The molecule has 1 aliphatic rings. The number of hydrogen-bond acceptors (Lipinski definition) is 5. The topological polar surface area (TPSA) is 44.3 Å². The van der Waals surface area contributed by atoms with Crippen molar-refractivity contribution in [3.05, 3.63) is 30.5 Å². The molecule has 0 aliphatic carbocycles. The zero-order valence-corrected chi connectivity index (χ0v) is 13.5. The Morgan fingerprint density at radius 3 is 2.77 bits per heavy atom. The summed E-state index contributed by atoms with van der Waals surface area (Å²) in [5, 5.41) is 14.1. The van der Waals surface area contributed by atoms with Gasteiger partial charge in [-0.2, -0.15) is 5.10 Å². The van der Waals surface area contributed by atoms with Crippen LogP contribution in [-0.4, -0.2) is 65.8 Å². The Balaban J connectivity index is 1.54. The molecule has 1 fully saturated rings. The van der Waals surface area contributed by atoms with Crippen LogP contribution >= 0.6 is 0 Å². The molecule has 0 unspecified atom stereocenters. The highest BCUT2D eigenvalue weighted by Crippen LogP contribution is 2.19. The molecule has 22 heavy (non-hydrogen) atoms. The molecule has 1 aliphatic heterocycles. The summed E-state index contributed by atoms with van der Waals surface area (Å²) in [6.07, 6.45) is 2.93. The Bertz CT molecular complexity index is 602. The van der Waals surface area contributed by atoms with Gasteiger partial charge in [-0.15, -0.1) is 5.10 Å². The molecule has 2 aromatic rings. The van der Waals surface area contributed by atoms with Crippen LogP contribution in [0.4, 0.5) is 5.82 Å². The Kier molecular flexibility index (Phi) is 4.85. The molecule has 1 N–H and O–H groups in total. The molecule has 0 amide bonds. The molecule has 5 heteroatoms. The average Bonchev–Trinajstić information content (AvgIpc) is 2.55. The molecular weight excluding hydrogens is 274 g/mol. The van der Waals surface area contributed by atoms with Gasteiger partial charge in [0.25, 0.3) is 0 Å². The third-order valence-electron chi connectivity index (χ3n) is 4.59. The van der Waals surface area contributed by atoms with Crippen molar-refractivity contribution >= 4 is 16.6 Å². The van der Waals surface area contributed by atoms with E-state index in [9.17, 15) is 0 Å². The van der Waals surface area contributed by atoms with Crippen molar-refractivity contribution in [3.63, 3.8) is 0 Å². The molecule has 3 rings (SSSR count). The summed E-state index contributed by atoms with van der Waals surface area (Å²) in [5.74, 6) is 0.892. The van der Waals surface area contributed by atoms with Gasteiger partial charge in [-0.25, -0.2) is 0 Å². The largest absolute Gasteiger partial charge is 0.368 e. The summed E-state index contributed by atoms with van der Waals surface area (Å²) >= 11 is 0. The van der Waals surface area contributed by atoms with E-state index in [1.807, 2.05) is 18.3 Å². The standard InChI is InChI=1S/C17H25N5/c1-14(22-11-9-21(2)10-12-22)7-8-18-17-16-6-4-3-5-15(16)13-19-20-17/h3-6,13-14H,7-12H2,1-2H3,(H,18,20)/t14-/m1/s1. The lowest BCUT2D eigenvalue weighted by molar-refractivity contribution is 0.116. The number of rotatable bonds is 5. The van der Waals surface area contributed by atoms with Gasteiger partial charge in [0.15, 0.2) is 5.82 Å². The van der Waals surface area contributed by atoms with E-state index in [1.165, 1.54) is 26.2 Å². The van der Waals surface area contributed by atoms with Gasteiger partial charge >= 0.3 is 0 Å². The van der Waals surface area contributed by atoms with E-state index in [2.05, 4.69) is 51.4 Å². The highest BCUT2D eigenvalue weighted by Gasteiger charge is 2.18. The molecule has 0 bridgehead atoms. The van der Waals surface area contributed by atoms with Crippen LogP contribution in [0, 0.1) is 0 Å². The van der Waals surface area contributed by atoms with Crippen LogP contribution in [0.1, 0.15) is 13.3 Å². The van der Waals surface area contributed by atoms with Crippen molar-refractivity contribution < 1.29 is 0 Å². The number of nitrogens with zero attached hydrogens (tertiary/aromatic N) is 4. The van der Waals surface area contributed by atoms with Crippen molar-refractivity contribution in [2.45, 2.75) is 19.4 Å². The molecule has 0 saturated carbocycles. The van der Waals surface area contributed by atoms with Crippen LogP contribution in [-0.2, 0) is 0 Å². The van der Waals surface area contributed by atoms with Crippen molar-refractivity contribution in [1.82, 2.24) is 20.0 Å². The SMILES string of the molecule is C[C@H](CCNc1nncc2ccccc12)N1CCN(C)CC1. The second kappa shape index (κ2) is 7.03. The van der Waals surface area contributed by atoms with E-state index in [0.717, 1.165) is 29.6 Å². The fraction of sp³-hybridized carbons (Fsp3) is 0.529. The molecule has 0 spiro atoms. The van der Waals surface area contributed by atoms with E-state index >= 15 is 0 Å². The first-order chi connectivity index (χ1) is 10.7. The van der Waals surface area contributed by atoms with E-state index in [1.54, 1.807) is 0 Å². The van der Waals surface area contributed by atoms with Crippen LogP contribution in [0.3, 0.4) is 0 Å². The van der Waals surface area contributed by atoms with Gasteiger partial charge in [-0.05, 0) is 20.4 Å². The third-order valence-corrected chi connectivity index (χ3v) is 4.59. The van der Waals surface area contributed by atoms with Gasteiger partial charge in [-0.3, -0.25) is 4.90 Å². The van der Waals surface area contributed by atoms with Crippen molar-refractivity contribution in [2.24, 2.45) is 0 Å². The van der Waals surface area contributed by atoms with E-state index in [4.69, 9.17) is 0 Å². The fourth-order valence-electron chi connectivity index (χ4n) is 3.00. The molecule has 1 saturated heterocycles. The first-order valence-electron chi connectivity index (χ1n) is 8.11. The number of anilines is 1. The maximum absolute atomic E-state index is 4.24. The first kappa shape index (κ1) is 15.2. The monoisotopic (exact) mass is 299 g/mol. The Labute approximate surface area is 132 Å². The lowest BCUT2D eigenvalue weighted by Crippen LogP contribution is -2.48. The fourth-order valence-corrected chi connectivity index (χ4v) is 3.00. The zero-order valence-electron chi connectivity index (χ0n) is 13.5. The van der Waals surface area contributed by atoms with E-state index < -0.39 is 0 Å². The average molecular weight is 299 g/mol. The zero-order chi connectivity index (χ0) is 15.4. The Morgan fingerprint density at radius 1 is 1.18 bits per heavy atom. The molecular formula is C17H25N5. The summed E-state index contributed by atoms with van der Waals surface area (Å²) in [7, 11) is 2.20. The van der Waals surface area contributed by atoms with Crippen LogP contribution in [0.15, 0.2) is 30.5 Å². The van der Waals surface area contributed by atoms with Crippen molar-refractivity contribution in [2.75, 3.05) is 45.1 Å². The maximum Gasteiger partial charge on any atom is 0.156 e. The van der Waals surface area contributed by atoms with Gasteiger partial charge < -0.3 is 10.2 Å². The van der Waals surface area contributed by atoms with E-state index in [-0.39, 0.29) is 0 Å². The van der Waals surface area contributed by atoms with Gasteiger partial charge in [0.2, 0.25) is 0 Å². The minimum Gasteiger partial charge on any atom is -0.368 e. The number of nitrogens with one attached hydrogen (secondary N) is 1. The van der Waals surface area contributed by atoms with Crippen LogP contribution < -0.4 is 5.32 Å². The molecule has 1 aromatic carbocycles. The lowest BCUT2D eigenvalue weighted by Gasteiger charge is -2.36. The molecule has 0 radical (unpaired) electrons. The van der Waals surface area contributed by atoms with Crippen molar-refractivity contribution in [3.8, 4) is 0 Å². The number of fused-ring (bicyclic) bond motifs is 1. The number of likely N-dealkylation sites (N-methyl/N-ethyl adjacent to an activating group) is 1. The minimum absolute atomic E-state index is 0.601. The summed E-state index contributed by atoms with van der Waals surface area (Å²) < 4.78 is 0. The van der Waals surface area contributed by atoms with E-state index in [0.29, 0.717) is 6.04 Å². The highest BCUT2D eigenvalue weighted by molar-refractivity contribution is 5.90. The maximum atomic E-state index is 4.24. The second-order valence-electron chi connectivity index (χ2n) is 6.18. The molecule has 1 aromatic heterocycles. The Morgan fingerprint density at radius 2 is 1.95 bits per heavy atom. The summed E-state index contributed by atoms with van der Waals surface area (Å²) in [6.45, 7) is 7.94. The smallest absolute Gasteiger partial charge is 0.156 e. The number of hydrogen-bond donors (Lipinski definition) is 1. The van der Waals surface area contributed by atoms with Crippen LogP contribution in [0.25, 0.3) is 10.8 Å². The van der Waals surface area contributed by atoms with Gasteiger partial charge in [-0.1, -0.05) is 24.3 Å². The first-order valence-corrected chi connectivity index (χ1v) is 8.11. The summed E-state index contributed by atoms with van der Waals surface area (Å²) in [6, 6.07) is 8.84. The predicted molar refractivity (Wildman–Crippen MR) is 91.2 cm³/mol. The normalized spacial score (nSPS) is 18.5.